The molecule has 18 N–H and O–H groups in total. The third kappa shape index (κ3) is 45.0. The highest BCUT2D eigenvalue weighted by atomic mass is 35.5. The zero-order valence-corrected chi connectivity index (χ0v) is 50.3. The quantitative estimate of drug-likeness (QED) is 0.0692. The number of nitrogens with two attached hydrogens (primary N) is 5. The van der Waals surface area contributed by atoms with Crippen molar-refractivity contribution in [1.82, 2.24) is 10.6 Å². The van der Waals surface area contributed by atoms with Crippen LogP contribution < -0.4 is 71.2 Å². The van der Waals surface area contributed by atoms with Gasteiger partial charge < -0.3 is 71.2 Å². The largest absolute Gasteiger partial charge is 0.359 e. The number of rotatable bonds is 8. The van der Waals surface area contributed by atoms with Crippen LogP contribution in [0.4, 0.5) is 58.1 Å². The highest BCUT2D eigenvalue weighted by Crippen LogP contribution is 2.25. The molecule has 0 unspecified atom stereocenters. The van der Waals surface area contributed by atoms with E-state index in [1.165, 1.54) is 40.3 Å². The summed E-state index contributed by atoms with van der Waals surface area (Å²) in [5.41, 5.74) is 31.4. The normalized spacial score (nSPS) is 8.89. The SMILES string of the molecule is CC(=O)Nc1cc(NC(N)=O)ccc1C.CC(=O)Nc1ccc(Cc2ccc(NC(N)=O)cc2)cc1.CCC.CNC(C)=O.CNC(N)=O.NC(=O)Nc1ccc(Cl)c(Cl)c1.NC(=O)Nc1ccc(Cl)cc1.c1ccccc1.c1ccccc1. The number of hydrogen-bond donors (Lipinski definition) is 13. The summed E-state index contributed by atoms with van der Waals surface area (Å²) >= 11 is 16.9. The molecule has 0 aliphatic carbocycles. The van der Waals surface area contributed by atoms with E-state index in [2.05, 4.69) is 62.1 Å². The van der Waals surface area contributed by atoms with E-state index in [1.807, 2.05) is 128 Å². The minimum Gasteiger partial charge on any atom is -0.359 e. The molecular weight excluding hydrogens is 1140 g/mol. The average Bonchev–Trinajstić information content (AvgIpc) is 3.55. The summed E-state index contributed by atoms with van der Waals surface area (Å²) in [6, 6.07) is 52.8. The first-order valence-electron chi connectivity index (χ1n) is 25.2. The van der Waals surface area contributed by atoms with E-state index in [4.69, 9.17) is 57.7 Å². The van der Waals surface area contributed by atoms with Gasteiger partial charge in [0, 0.05) is 74.0 Å². The lowest BCUT2D eigenvalue weighted by Crippen LogP contribution is -2.24. The smallest absolute Gasteiger partial charge is 0.316 e. The van der Waals surface area contributed by atoms with Gasteiger partial charge in [-0.2, -0.15) is 0 Å². The lowest BCUT2D eigenvalue weighted by atomic mass is 10.0. The Bertz CT molecular complexity index is 2860. The maximum atomic E-state index is 10.9. The Morgan fingerprint density at radius 1 is 0.369 bits per heavy atom. The molecule has 7 aromatic rings. The molecule has 0 heterocycles. The maximum absolute atomic E-state index is 10.9. The molecule has 21 nitrogen and oxygen atoms in total. The summed E-state index contributed by atoms with van der Waals surface area (Å²) in [6.07, 6.45) is 2.03. The first-order chi connectivity index (χ1) is 39.7. The molecule has 0 radical (unpaired) electrons. The number of aryl methyl sites for hydroxylation is 1. The van der Waals surface area contributed by atoms with Crippen LogP contribution in [0.2, 0.25) is 15.1 Å². The van der Waals surface area contributed by atoms with Gasteiger partial charge >= 0.3 is 30.2 Å². The fourth-order valence-corrected chi connectivity index (χ4v) is 5.74. The van der Waals surface area contributed by atoms with Crippen molar-refractivity contribution in [2.45, 2.75) is 54.4 Å². The second kappa shape index (κ2) is 46.9. The topological polar surface area (TPSA) is 363 Å². The molecular formula is C60H76Cl3N13O8. The average molecular weight is 1210 g/mol. The predicted octanol–water partition coefficient (Wildman–Crippen LogP) is 12.3. The number of nitrogens with one attached hydrogen (secondary N) is 8. The van der Waals surface area contributed by atoms with Crippen LogP contribution in [0.15, 0.2) is 182 Å². The molecule has 13 amide bonds. The number of halogens is 3. The molecule has 7 rings (SSSR count). The van der Waals surface area contributed by atoms with Crippen molar-refractivity contribution in [2.24, 2.45) is 28.7 Å². The molecule has 0 aromatic heterocycles. The van der Waals surface area contributed by atoms with E-state index in [1.54, 1.807) is 61.6 Å². The fourth-order valence-electron chi connectivity index (χ4n) is 5.32. The van der Waals surface area contributed by atoms with Gasteiger partial charge in [0.25, 0.3) is 0 Å². The standard InChI is InChI=1S/C16H17N3O2.C10H13N3O2.C7H6Cl2N2O.C7H7ClN2O.2C6H6.C3H7NO.C3H8.C2H6N2O/c1-11(20)18-14-6-2-12(3-7-14)10-13-4-8-15(9-5-13)19-16(17)21;1-6-3-4-8(13-10(11)15)5-9(6)12-7(2)14;8-5-2-1-4(3-6(5)9)11-7(10)12;8-5-1-3-6(4-2-5)10-7(9)11;2*1-2-4-6-5-3-1;1-3(5)4-2;1-3-2;1-4-2(3)5/h2-9H,10H2,1H3,(H,18,20)(H3,17,19,21);3-5H,1-2H3,(H,12,14)(H3,11,13,15);1-3H,(H3,10,11,12);1-4H,(H3,9,10,11);2*1-6H;1-2H3,(H,4,5);3H2,1-2H3;1H3,(H3,3,4,5). The molecule has 84 heavy (non-hydrogen) atoms. The number of hydrogen-bond acceptors (Lipinski definition) is 8. The van der Waals surface area contributed by atoms with Crippen molar-refractivity contribution in [3.8, 4) is 0 Å². The second-order valence-electron chi connectivity index (χ2n) is 16.5. The summed E-state index contributed by atoms with van der Waals surface area (Å²) in [5.74, 6) is -0.236. The van der Waals surface area contributed by atoms with E-state index < -0.39 is 30.2 Å². The minimum absolute atomic E-state index is 0.00463. The van der Waals surface area contributed by atoms with Crippen LogP contribution in [0.5, 0.6) is 0 Å². The van der Waals surface area contributed by atoms with Crippen molar-refractivity contribution in [1.29, 1.82) is 0 Å². The van der Waals surface area contributed by atoms with Gasteiger partial charge in [-0.3, -0.25) is 14.4 Å². The monoisotopic (exact) mass is 1210 g/mol. The highest BCUT2D eigenvalue weighted by Gasteiger charge is 2.04. The van der Waals surface area contributed by atoms with Crippen molar-refractivity contribution in [2.75, 3.05) is 46.0 Å². The molecule has 7 aromatic carbocycles. The molecule has 0 saturated carbocycles. The van der Waals surface area contributed by atoms with Crippen LogP contribution in [-0.4, -0.2) is 62.0 Å². The number of anilines is 6. The van der Waals surface area contributed by atoms with Gasteiger partial charge in [-0.15, -0.1) is 0 Å². The van der Waals surface area contributed by atoms with E-state index in [0.717, 1.165) is 28.8 Å². The third-order valence-corrected chi connectivity index (χ3v) is 9.94. The fraction of sp³-hybridized carbons (Fsp3) is 0.167. The van der Waals surface area contributed by atoms with Crippen LogP contribution in [0.1, 0.15) is 57.7 Å². The Morgan fingerprint density at radius 3 is 0.952 bits per heavy atom. The zero-order valence-electron chi connectivity index (χ0n) is 48.0. The zero-order chi connectivity index (χ0) is 63.8. The van der Waals surface area contributed by atoms with Crippen LogP contribution in [0, 0.1) is 6.92 Å². The van der Waals surface area contributed by atoms with Gasteiger partial charge in [-0.1, -0.05) is 158 Å². The van der Waals surface area contributed by atoms with Crippen molar-refractivity contribution in [3.63, 3.8) is 0 Å². The minimum atomic E-state index is -0.632. The highest BCUT2D eigenvalue weighted by molar-refractivity contribution is 6.42. The molecule has 0 spiro atoms. The maximum Gasteiger partial charge on any atom is 0.316 e. The molecule has 0 atom stereocenters. The molecule has 0 bridgehead atoms. The van der Waals surface area contributed by atoms with E-state index in [-0.39, 0.29) is 17.7 Å². The first-order valence-corrected chi connectivity index (χ1v) is 26.3. The summed E-state index contributed by atoms with van der Waals surface area (Å²) in [5, 5.41) is 21.1. The van der Waals surface area contributed by atoms with Crippen molar-refractivity contribution < 1.29 is 38.4 Å². The van der Waals surface area contributed by atoms with Gasteiger partial charge in [0.15, 0.2) is 0 Å². The van der Waals surface area contributed by atoms with E-state index >= 15 is 0 Å². The van der Waals surface area contributed by atoms with Crippen molar-refractivity contribution >= 4 is 117 Å². The molecule has 0 aliphatic heterocycles. The lowest BCUT2D eigenvalue weighted by molar-refractivity contribution is -0.118. The summed E-state index contributed by atoms with van der Waals surface area (Å²) < 4.78 is 0. The molecule has 24 heteroatoms. The lowest BCUT2D eigenvalue weighted by Gasteiger charge is -2.09. The number of primary amides is 5. The summed E-state index contributed by atoms with van der Waals surface area (Å²) in [7, 11) is 3.07. The van der Waals surface area contributed by atoms with Crippen LogP contribution >= 0.6 is 34.8 Å². The van der Waals surface area contributed by atoms with Crippen molar-refractivity contribution in [3.05, 3.63) is 214 Å². The molecule has 450 valence electrons. The Kier molecular flexibility index (Phi) is 42.5. The van der Waals surface area contributed by atoms with Crippen LogP contribution in [0.25, 0.3) is 0 Å². The van der Waals surface area contributed by atoms with Gasteiger partial charge in [0.1, 0.15) is 0 Å². The van der Waals surface area contributed by atoms with Gasteiger partial charge in [0.05, 0.1) is 10.0 Å². The predicted molar refractivity (Wildman–Crippen MR) is 343 cm³/mol. The van der Waals surface area contributed by atoms with E-state index in [9.17, 15) is 38.4 Å². The Morgan fingerprint density at radius 2 is 0.655 bits per heavy atom. The van der Waals surface area contributed by atoms with Crippen LogP contribution in [-0.2, 0) is 20.8 Å². The third-order valence-electron chi connectivity index (χ3n) is 8.95. The number of benzene rings is 7. The Labute approximate surface area is 506 Å². The molecule has 0 aliphatic rings. The number of amides is 13. The van der Waals surface area contributed by atoms with E-state index in [0.29, 0.717) is 43.5 Å². The molecule has 0 fully saturated rings. The molecule has 0 saturated heterocycles. The van der Waals surface area contributed by atoms with Gasteiger partial charge in [-0.25, -0.2) is 24.0 Å². The Balaban J connectivity index is 0. The summed E-state index contributed by atoms with van der Waals surface area (Å²) in [4.78, 5) is 83.1. The van der Waals surface area contributed by atoms with Gasteiger partial charge in [-0.05, 0) is 109 Å². The Hall–Kier alpha value is -9.83. The van der Waals surface area contributed by atoms with Gasteiger partial charge in [0.2, 0.25) is 17.7 Å². The number of urea groups is 5. The second-order valence-corrected chi connectivity index (χ2v) is 17.7. The number of carbonyl (C=O) groups excluding carboxylic acids is 8. The first kappa shape index (κ1) is 76.2. The van der Waals surface area contributed by atoms with Crippen LogP contribution in [0.3, 0.4) is 0 Å². The number of carbonyl (C=O) groups is 8. The summed E-state index contributed by atoms with van der Waals surface area (Å²) in [6.45, 7) is 10.5.